The Balaban J connectivity index is 2.25. The van der Waals surface area contributed by atoms with Gasteiger partial charge in [-0.05, 0) is 13.0 Å². The van der Waals surface area contributed by atoms with Crippen molar-refractivity contribution in [3.05, 3.63) is 21.9 Å². The summed E-state index contributed by atoms with van der Waals surface area (Å²) < 4.78 is 28.0. The van der Waals surface area contributed by atoms with Crippen LogP contribution in [0.3, 0.4) is 0 Å². The Hall–Kier alpha value is -0.810. The number of alkyl halides is 2. The standard InChI is InChI=1S/C10H12F2O2S/c1-7-4-8(6-15-7)9(13)2-3-14-5-10(11)12/h4,6,10H,2-3,5H2,1H3. The van der Waals surface area contributed by atoms with Crippen molar-refractivity contribution in [1.29, 1.82) is 0 Å². The molecule has 0 aliphatic heterocycles. The molecule has 0 amide bonds. The second-order valence-corrected chi connectivity index (χ2v) is 4.20. The van der Waals surface area contributed by atoms with Crippen molar-refractivity contribution in [1.82, 2.24) is 0 Å². The highest BCUT2D eigenvalue weighted by atomic mass is 32.1. The van der Waals surface area contributed by atoms with Crippen molar-refractivity contribution in [2.45, 2.75) is 19.8 Å². The number of hydrogen-bond donors (Lipinski definition) is 0. The highest BCUT2D eigenvalue weighted by Gasteiger charge is 2.08. The lowest BCUT2D eigenvalue weighted by Crippen LogP contribution is -2.09. The minimum absolute atomic E-state index is 0.0536. The van der Waals surface area contributed by atoms with Crippen molar-refractivity contribution in [3.8, 4) is 0 Å². The normalized spacial score (nSPS) is 10.9. The fourth-order valence-corrected chi connectivity index (χ4v) is 1.78. The highest BCUT2D eigenvalue weighted by Crippen LogP contribution is 2.14. The maximum atomic E-state index is 11.7. The van der Waals surface area contributed by atoms with E-state index < -0.39 is 13.0 Å². The molecule has 0 saturated heterocycles. The van der Waals surface area contributed by atoms with Gasteiger partial charge in [-0.3, -0.25) is 4.79 Å². The van der Waals surface area contributed by atoms with Crippen molar-refractivity contribution in [2.24, 2.45) is 0 Å². The fraction of sp³-hybridized carbons (Fsp3) is 0.500. The molecule has 15 heavy (non-hydrogen) atoms. The molecule has 0 N–H and O–H groups in total. The van der Waals surface area contributed by atoms with Gasteiger partial charge in [0.2, 0.25) is 0 Å². The van der Waals surface area contributed by atoms with Gasteiger partial charge in [0, 0.05) is 22.2 Å². The third-order valence-corrected chi connectivity index (χ3v) is 2.63. The van der Waals surface area contributed by atoms with E-state index in [4.69, 9.17) is 0 Å². The van der Waals surface area contributed by atoms with Crippen molar-refractivity contribution in [3.63, 3.8) is 0 Å². The summed E-state index contributed by atoms with van der Waals surface area (Å²) in [6, 6.07) is 1.79. The van der Waals surface area contributed by atoms with E-state index in [2.05, 4.69) is 4.74 Å². The minimum Gasteiger partial charge on any atom is -0.375 e. The lowest BCUT2D eigenvalue weighted by Gasteiger charge is -2.01. The Morgan fingerprint density at radius 2 is 2.33 bits per heavy atom. The van der Waals surface area contributed by atoms with Crippen LogP contribution in [0, 0.1) is 6.92 Å². The molecular weight excluding hydrogens is 222 g/mol. The molecule has 0 bridgehead atoms. The Bertz CT molecular complexity index is 323. The van der Waals surface area contributed by atoms with Crippen LogP contribution < -0.4 is 0 Å². The van der Waals surface area contributed by atoms with Crippen LogP contribution >= 0.6 is 11.3 Å². The third kappa shape index (κ3) is 4.48. The van der Waals surface area contributed by atoms with E-state index in [1.807, 2.05) is 6.92 Å². The monoisotopic (exact) mass is 234 g/mol. The second-order valence-electron chi connectivity index (χ2n) is 3.09. The zero-order valence-electron chi connectivity index (χ0n) is 8.33. The molecule has 0 fully saturated rings. The number of rotatable bonds is 6. The Morgan fingerprint density at radius 3 is 2.87 bits per heavy atom. The van der Waals surface area contributed by atoms with E-state index in [1.54, 1.807) is 11.4 Å². The maximum absolute atomic E-state index is 11.7. The molecule has 0 radical (unpaired) electrons. The quantitative estimate of drug-likeness (QED) is 0.559. The largest absolute Gasteiger partial charge is 0.375 e. The van der Waals surface area contributed by atoms with Gasteiger partial charge in [0.25, 0.3) is 6.43 Å². The second kappa shape index (κ2) is 5.92. The Morgan fingerprint density at radius 1 is 1.60 bits per heavy atom. The van der Waals surface area contributed by atoms with Crippen molar-refractivity contribution >= 4 is 17.1 Å². The predicted molar refractivity (Wildman–Crippen MR) is 54.8 cm³/mol. The summed E-state index contributed by atoms with van der Waals surface area (Å²) in [6.07, 6.45) is -2.31. The van der Waals surface area contributed by atoms with Gasteiger partial charge in [0.15, 0.2) is 5.78 Å². The topological polar surface area (TPSA) is 26.3 Å². The summed E-state index contributed by atoms with van der Waals surface area (Å²) in [4.78, 5) is 12.5. The molecule has 0 aromatic carbocycles. The molecule has 2 nitrogen and oxygen atoms in total. The van der Waals surface area contributed by atoms with Crippen LogP contribution in [-0.4, -0.2) is 25.4 Å². The SMILES string of the molecule is Cc1cc(C(=O)CCOCC(F)F)cs1. The number of hydrogen-bond acceptors (Lipinski definition) is 3. The first-order chi connectivity index (χ1) is 7.09. The van der Waals surface area contributed by atoms with Gasteiger partial charge in [-0.25, -0.2) is 8.78 Å². The first-order valence-corrected chi connectivity index (χ1v) is 5.42. The van der Waals surface area contributed by atoms with E-state index in [0.717, 1.165) is 4.88 Å². The number of carbonyl (C=O) groups is 1. The molecule has 0 unspecified atom stereocenters. The molecule has 0 atom stereocenters. The predicted octanol–water partition coefficient (Wildman–Crippen LogP) is 2.91. The van der Waals surface area contributed by atoms with Gasteiger partial charge in [0.05, 0.1) is 6.61 Å². The molecule has 5 heteroatoms. The van der Waals surface area contributed by atoms with E-state index in [-0.39, 0.29) is 18.8 Å². The molecule has 1 rings (SSSR count). The minimum atomic E-state index is -2.47. The van der Waals surface area contributed by atoms with Crippen LogP contribution in [-0.2, 0) is 4.74 Å². The number of ketones is 1. The summed E-state index contributed by atoms with van der Waals surface area (Å²) in [6.45, 7) is 1.36. The molecule has 1 aromatic heterocycles. The van der Waals surface area contributed by atoms with Crippen molar-refractivity contribution < 1.29 is 18.3 Å². The molecule has 84 valence electrons. The molecule has 0 spiro atoms. The average molecular weight is 234 g/mol. The number of Topliss-reactive ketones (excluding diaryl/α,β-unsaturated/α-hetero) is 1. The first-order valence-electron chi connectivity index (χ1n) is 4.54. The van der Waals surface area contributed by atoms with Gasteiger partial charge in [-0.1, -0.05) is 0 Å². The van der Waals surface area contributed by atoms with Gasteiger partial charge >= 0.3 is 0 Å². The lowest BCUT2D eigenvalue weighted by molar-refractivity contribution is 0.0170. The molecule has 0 aliphatic rings. The zero-order valence-corrected chi connectivity index (χ0v) is 9.15. The average Bonchev–Trinajstić information content (AvgIpc) is 2.59. The van der Waals surface area contributed by atoms with Crippen LogP contribution in [0.5, 0.6) is 0 Å². The molecule has 0 saturated carbocycles. The summed E-state index contributed by atoms with van der Waals surface area (Å²) in [5.41, 5.74) is 0.637. The summed E-state index contributed by atoms with van der Waals surface area (Å²) in [7, 11) is 0. The third-order valence-electron chi connectivity index (χ3n) is 1.77. The van der Waals surface area contributed by atoms with Gasteiger partial charge in [0.1, 0.15) is 6.61 Å². The van der Waals surface area contributed by atoms with E-state index in [1.165, 1.54) is 11.3 Å². The Labute approximate surface area is 90.9 Å². The van der Waals surface area contributed by atoms with Crippen molar-refractivity contribution in [2.75, 3.05) is 13.2 Å². The number of aryl methyl sites for hydroxylation is 1. The van der Waals surface area contributed by atoms with E-state index >= 15 is 0 Å². The highest BCUT2D eigenvalue weighted by molar-refractivity contribution is 7.10. The van der Waals surface area contributed by atoms with Crippen LogP contribution in [0.1, 0.15) is 21.7 Å². The molecule has 1 heterocycles. The van der Waals surface area contributed by atoms with Crippen LogP contribution in [0.4, 0.5) is 8.78 Å². The number of ether oxygens (including phenoxy) is 1. The summed E-state index contributed by atoms with van der Waals surface area (Å²) in [5, 5.41) is 1.77. The lowest BCUT2D eigenvalue weighted by atomic mass is 10.1. The number of thiophene rings is 1. The first kappa shape index (κ1) is 12.3. The van der Waals surface area contributed by atoms with E-state index in [0.29, 0.717) is 5.56 Å². The maximum Gasteiger partial charge on any atom is 0.261 e. The van der Waals surface area contributed by atoms with Crippen LogP contribution in [0.15, 0.2) is 11.4 Å². The molecule has 1 aromatic rings. The summed E-state index contributed by atoms with van der Waals surface area (Å²) in [5.74, 6) is -0.0615. The van der Waals surface area contributed by atoms with Gasteiger partial charge in [-0.2, -0.15) is 0 Å². The summed E-state index contributed by atoms with van der Waals surface area (Å²) >= 11 is 1.50. The van der Waals surface area contributed by atoms with Gasteiger partial charge in [-0.15, -0.1) is 11.3 Å². The zero-order chi connectivity index (χ0) is 11.3. The number of halogens is 2. The number of carbonyl (C=O) groups excluding carboxylic acids is 1. The molecule has 0 aliphatic carbocycles. The fourth-order valence-electron chi connectivity index (χ4n) is 1.07. The molecular formula is C10H12F2O2S. The smallest absolute Gasteiger partial charge is 0.261 e. The van der Waals surface area contributed by atoms with Crippen LogP contribution in [0.25, 0.3) is 0 Å². The van der Waals surface area contributed by atoms with Crippen LogP contribution in [0.2, 0.25) is 0 Å². The van der Waals surface area contributed by atoms with E-state index in [9.17, 15) is 13.6 Å². The van der Waals surface area contributed by atoms with Gasteiger partial charge < -0.3 is 4.74 Å². The Kier molecular flexibility index (Phi) is 4.84.